The Morgan fingerprint density at radius 2 is 1.91 bits per heavy atom. The van der Waals surface area contributed by atoms with E-state index in [-0.39, 0.29) is 42.9 Å². The summed E-state index contributed by atoms with van der Waals surface area (Å²) in [7, 11) is 1.73. The van der Waals surface area contributed by atoms with E-state index >= 15 is 0 Å². The molecule has 0 aromatic rings. The van der Waals surface area contributed by atoms with Crippen LogP contribution in [-0.2, 0) is 19.0 Å². The second kappa shape index (κ2) is 9.00. The molecule has 2 bridgehead atoms. The molecule has 1 N–H and O–H groups in total. The number of aliphatic hydroxyl groups excluding tert-OH is 1. The van der Waals surface area contributed by atoms with Crippen LogP contribution in [-0.4, -0.2) is 48.7 Å². The number of hydrogen-bond donors (Lipinski definition) is 1. The van der Waals surface area contributed by atoms with Crippen LogP contribution < -0.4 is 0 Å². The van der Waals surface area contributed by atoms with E-state index in [1.807, 2.05) is 0 Å². The topological polar surface area (TPSA) is 65.0 Å². The Bertz CT molecular complexity index is 372. The number of carbonyl (C=O) groups is 1. The van der Waals surface area contributed by atoms with E-state index in [2.05, 4.69) is 13.8 Å². The summed E-state index contributed by atoms with van der Waals surface area (Å²) in [6.45, 7) is 4.30. The van der Waals surface area contributed by atoms with Crippen LogP contribution in [0.1, 0.15) is 65.2 Å². The van der Waals surface area contributed by atoms with E-state index in [0.29, 0.717) is 18.8 Å². The Morgan fingerprint density at radius 3 is 2.61 bits per heavy atom. The number of fused-ring (bicyclic) bond motifs is 2. The first-order valence-corrected chi connectivity index (χ1v) is 9.05. The second-order valence-electron chi connectivity index (χ2n) is 7.28. The molecule has 5 nitrogen and oxygen atoms in total. The molecule has 2 aliphatic rings. The number of rotatable bonds is 3. The van der Waals surface area contributed by atoms with Gasteiger partial charge in [0.05, 0.1) is 30.8 Å². The number of aliphatic hydroxyl groups is 1. The summed E-state index contributed by atoms with van der Waals surface area (Å²) >= 11 is 0. The van der Waals surface area contributed by atoms with Gasteiger partial charge in [0.1, 0.15) is 6.10 Å². The summed E-state index contributed by atoms with van der Waals surface area (Å²) in [4.78, 5) is 12.2. The van der Waals surface area contributed by atoms with Gasteiger partial charge in [-0.1, -0.05) is 20.3 Å². The third-order valence-electron chi connectivity index (χ3n) is 4.95. The van der Waals surface area contributed by atoms with E-state index in [1.54, 1.807) is 7.11 Å². The molecule has 6 atom stereocenters. The summed E-state index contributed by atoms with van der Waals surface area (Å²) in [6.07, 6.45) is 5.28. The Morgan fingerprint density at radius 1 is 1.17 bits per heavy atom. The summed E-state index contributed by atoms with van der Waals surface area (Å²) in [5.74, 6) is 0.234. The van der Waals surface area contributed by atoms with Crippen LogP contribution in [0.15, 0.2) is 0 Å². The molecule has 23 heavy (non-hydrogen) atoms. The average Bonchev–Trinajstić information content (AvgIpc) is 2.44. The number of carbonyl (C=O) groups excluding carboxylic acids is 1. The molecule has 0 unspecified atom stereocenters. The molecule has 5 heteroatoms. The molecule has 2 heterocycles. The van der Waals surface area contributed by atoms with Crippen molar-refractivity contribution >= 4 is 5.97 Å². The van der Waals surface area contributed by atoms with Gasteiger partial charge in [-0.15, -0.1) is 0 Å². The third-order valence-corrected chi connectivity index (χ3v) is 4.95. The molecule has 0 aliphatic carbocycles. The third kappa shape index (κ3) is 6.05. The van der Waals surface area contributed by atoms with Gasteiger partial charge >= 0.3 is 5.97 Å². The monoisotopic (exact) mass is 328 g/mol. The molecule has 2 fully saturated rings. The number of methoxy groups -OCH3 is 1. The van der Waals surface area contributed by atoms with Crippen LogP contribution in [0.2, 0.25) is 0 Å². The highest BCUT2D eigenvalue weighted by atomic mass is 16.6. The lowest BCUT2D eigenvalue weighted by Gasteiger charge is -2.36. The molecular weight excluding hydrogens is 296 g/mol. The predicted octanol–water partition coefficient (Wildman–Crippen LogP) is 2.83. The number of esters is 1. The van der Waals surface area contributed by atoms with Crippen LogP contribution in [0.4, 0.5) is 0 Å². The van der Waals surface area contributed by atoms with E-state index < -0.39 is 0 Å². The zero-order valence-corrected chi connectivity index (χ0v) is 14.7. The molecule has 2 aliphatic heterocycles. The van der Waals surface area contributed by atoms with E-state index in [0.717, 1.165) is 32.1 Å². The van der Waals surface area contributed by atoms with Crippen molar-refractivity contribution in [1.29, 1.82) is 0 Å². The Hall–Kier alpha value is -0.650. The van der Waals surface area contributed by atoms with Crippen molar-refractivity contribution in [3.8, 4) is 0 Å². The Kier molecular flexibility index (Phi) is 7.31. The first-order chi connectivity index (χ1) is 11.0. The van der Waals surface area contributed by atoms with Gasteiger partial charge in [-0.25, -0.2) is 0 Å². The molecule has 0 amide bonds. The lowest BCUT2D eigenvalue weighted by molar-refractivity contribution is -0.162. The maximum Gasteiger partial charge on any atom is 0.308 e. The highest BCUT2D eigenvalue weighted by Crippen LogP contribution is 2.30. The van der Waals surface area contributed by atoms with Gasteiger partial charge in [-0.3, -0.25) is 4.79 Å². The van der Waals surface area contributed by atoms with Gasteiger partial charge in [-0.05, 0) is 31.6 Å². The standard InChI is InChI=1S/C18H32O5/c1-4-5-14-10-15(21-3)6-12(2)7-16-8-13(19)9-17(22-16)11-18(20)23-14/h12-17,19H,4-11H2,1-3H3/t12-,13+,14-,15-,16+,17+/m1/s1. The predicted molar refractivity (Wildman–Crippen MR) is 87.1 cm³/mol. The normalized spacial score (nSPS) is 39.9. The maximum absolute atomic E-state index is 12.2. The zero-order chi connectivity index (χ0) is 16.8. The summed E-state index contributed by atoms with van der Waals surface area (Å²) < 4.78 is 17.3. The number of cyclic esters (lactones) is 1. The zero-order valence-electron chi connectivity index (χ0n) is 14.7. The largest absolute Gasteiger partial charge is 0.462 e. The number of hydrogen-bond acceptors (Lipinski definition) is 5. The summed E-state index contributed by atoms with van der Waals surface area (Å²) in [5, 5.41) is 10.1. The highest BCUT2D eigenvalue weighted by Gasteiger charge is 2.33. The van der Waals surface area contributed by atoms with Crippen LogP contribution in [0, 0.1) is 5.92 Å². The van der Waals surface area contributed by atoms with Crippen molar-refractivity contribution in [1.82, 2.24) is 0 Å². The Balaban J connectivity index is 2.09. The minimum atomic E-state index is -0.383. The molecule has 0 saturated carbocycles. The summed E-state index contributed by atoms with van der Waals surface area (Å²) in [6, 6.07) is 0. The maximum atomic E-state index is 12.2. The van der Waals surface area contributed by atoms with Crippen LogP contribution in [0.5, 0.6) is 0 Å². The number of ether oxygens (including phenoxy) is 3. The molecule has 0 aromatic carbocycles. The molecule has 0 aromatic heterocycles. The quantitative estimate of drug-likeness (QED) is 0.807. The molecule has 2 saturated heterocycles. The van der Waals surface area contributed by atoms with Gasteiger partial charge in [0.25, 0.3) is 0 Å². The fraction of sp³-hybridized carbons (Fsp3) is 0.944. The smallest absolute Gasteiger partial charge is 0.308 e. The van der Waals surface area contributed by atoms with E-state index in [1.165, 1.54) is 0 Å². The molecule has 0 radical (unpaired) electrons. The van der Waals surface area contributed by atoms with Gasteiger partial charge in [0, 0.05) is 20.0 Å². The minimum Gasteiger partial charge on any atom is -0.462 e. The SMILES string of the molecule is CCC[C@@H]1C[C@H](OC)C[C@@H](C)C[C@H]2C[C@H](O)C[C@@H](CC(=O)O1)O2. The van der Waals surface area contributed by atoms with Crippen molar-refractivity contribution < 1.29 is 24.1 Å². The molecule has 2 rings (SSSR count). The van der Waals surface area contributed by atoms with Crippen molar-refractivity contribution in [2.24, 2.45) is 5.92 Å². The lowest BCUT2D eigenvalue weighted by atomic mass is 9.89. The Labute approximate surface area is 139 Å². The first kappa shape index (κ1) is 18.7. The van der Waals surface area contributed by atoms with E-state index in [4.69, 9.17) is 14.2 Å². The highest BCUT2D eigenvalue weighted by molar-refractivity contribution is 5.70. The summed E-state index contributed by atoms with van der Waals surface area (Å²) in [5.41, 5.74) is 0. The lowest BCUT2D eigenvalue weighted by Crippen LogP contribution is -2.39. The van der Waals surface area contributed by atoms with Crippen molar-refractivity contribution in [2.75, 3.05) is 7.11 Å². The van der Waals surface area contributed by atoms with Gasteiger partial charge in [0.2, 0.25) is 0 Å². The second-order valence-corrected chi connectivity index (χ2v) is 7.28. The van der Waals surface area contributed by atoms with Gasteiger partial charge in [0.15, 0.2) is 0 Å². The van der Waals surface area contributed by atoms with Crippen molar-refractivity contribution in [3.05, 3.63) is 0 Å². The molecule has 0 spiro atoms. The van der Waals surface area contributed by atoms with Crippen molar-refractivity contribution in [3.63, 3.8) is 0 Å². The fourth-order valence-electron chi connectivity index (χ4n) is 3.91. The van der Waals surface area contributed by atoms with Crippen molar-refractivity contribution in [2.45, 2.75) is 95.7 Å². The molecular formula is C18H32O5. The average molecular weight is 328 g/mol. The van der Waals surface area contributed by atoms with Crippen LogP contribution in [0.25, 0.3) is 0 Å². The first-order valence-electron chi connectivity index (χ1n) is 9.05. The van der Waals surface area contributed by atoms with Gasteiger partial charge in [-0.2, -0.15) is 0 Å². The van der Waals surface area contributed by atoms with Crippen LogP contribution in [0.3, 0.4) is 0 Å². The molecule has 134 valence electrons. The fourth-order valence-corrected chi connectivity index (χ4v) is 3.91. The van der Waals surface area contributed by atoms with Crippen LogP contribution >= 0.6 is 0 Å². The minimum absolute atomic E-state index is 0.0231. The van der Waals surface area contributed by atoms with E-state index in [9.17, 15) is 9.90 Å². The van der Waals surface area contributed by atoms with Gasteiger partial charge < -0.3 is 19.3 Å².